The number of carbonyl (C=O) groups is 2. The third kappa shape index (κ3) is 6.16. The minimum Gasteiger partial charge on any atom is -0.493 e. The number of rotatable bonds is 8. The maximum Gasteiger partial charge on any atom is 0.339 e. The summed E-state index contributed by atoms with van der Waals surface area (Å²) in [4.78, 5) is 24.6. The Bertz CT molecular complexity index is 837. The predicted molar refractivity (Wildman–Crippen MR) is 108 cm³/mol. The minimum atomic E-state index is -0.991. The number of methoxy groups -OCH3 is 1. The molecule has 6 nitrogen and oxygen atoms in total. The molecule has 7 heteroatoms. The second kappa shape index (κ2) is 9.99. The van der Waals surface area contributed by atoms with Crippen molar-refractivity contribution in [1.82, 2.24) is 0 Å². The highest BCUT2D eigenvalue weighted by Gasteiger charge is 2.20. The van der Waals surface area contributed by atoms with E-state index in [0.29, 0.717) is 34.7 Å². The molecule has 2 rings (SSSR count). The Labute approximate surface area is 169 Å². The molecular formula is C21H24ClNO5. The third-order valence-electron chi connectivity index (χ3n) is 3.72. The van der Waals surface area contributed by atoms with Crippen LogP contribution < -0.4 is 14.8 Å². The molecule has 2 aromatic rings. The first-order chi connectivity index (χ1) is 13.3. The van der Waals surface area contributed by atoms with E-state index in [0.717, 1.165) is 0 Å². The fraction of sp³-hybridized carbons (Fsp3) is 0.333. The number of ether oxygens (including phenoxy) is 3. The molecule has 1 amide bonds. The summed E-state index contributed by atoms with van der Waals surface area (Å²) in [6.45, 7) is 6.10. The highest BCUT2D eigenvalue weighted by Crippen LogP contribution is 2.29. The standard InChI is InChI=1S/C21H24ClNO5/c1-13(2)12-27-18-9-8-15(10-19(18)26-4)21(25)28-14(3)20(24)23-17-7-5-6-16(22)11-17/h5-11,13-14H,12H2,1-4H3,(H,23,24)/t14-/m0/s1. The van der Waals surface area contributed by atoms with Crippen LogP contribution in [0, 0.1) is 5.92 Å². The molecule has 0 heterocycles. The smallest absolute Gasteiger partial charge is 0.339 e. The van der Waals surface area contributed by atoms with Gasteiger partial charge in [-0.2, -0.15) is 0 Å². The van der Waals surface area contributed by atoms with Crippen molar-refractivity contribution in [2.45, 2.75) is 26.9 Å². The number of benzene rings is 2. The number of anilines is 1. The minimum absolute atomic E-state index is 0.260. The van der Waals surface area contributed by atoms with Crippen molar-refractivity contribution in [3.63, 3.8) is 0 Å². The van der Waals surface area contributed by atoms with Crippen molar-refractivity contribution in [2.24, 2.45) is 5.92 Å². The van der Waals surface area contributed by atoms with E-state index in [1.807, 2.05) is 13.8 Å². The van der Waals surface area contributed by atoms with E-state index in [1.54, 1.807) is 36.4 Å². The van der Waals surface area contributed by atoms with E-state index in [1.165, 1.54) is 20.1 Å². The molecule has 0 fully saturated rings. The lowest BCUT2D eigenvalue weighted by atomic mass is 10.2. The molecule has 0 spiro atoms. The molecule has 0 saturated carbocycles. The van der Waals surface area contributed by atoms with Crippen LogP contribution in [0.4, 0.5) is 5.69 Å². The third-order valence-corrected chi connectivity index (χ3v) is 3.95. The topological polar surface area (TPSA) is 73.9 Å². The molecule has 0 aliphatic heterocycles. The van der Waals surface area contributed by atoms with Gasteiger partial charge in [-0.1, -0.05) is 31.5 Å². The molecule has 0 aliphatic rings. The van der Waals surface area contributed by atoms with Gasteiger partial charge in [0, 0.05) is 10.7 Å². The van der Waals surface area contributed by atoms with E-state index in [9.17, 15) is 9.59 Å². The maximum absolute atomic E-state index is 12.4. The van der Waals surface area contributed by atoms with Crippen LogP contribution >= 0.6 is 11.6 Å². The molecule has 2 aromatic carbocycles. The summed E-state index contributed by atoms with van der Waals surface area (Å²) in [5.74, 6) is 0.223. The fourth-order valence-electron chi connectivity index (χ4n) is 2.26. The summed E-state index contributed by atoms with van der Waals surface area (Å²) in [5, 5.41) is 3.15. The molecule has 1 N–H and O–H groups in total. The number of carbonyl (C=O) groups excluding carboxylic acids is 2. The first kappa shape index (κ1) is 21.6. The Morgan fingerprint density at radius 2 is 1.82 bits per heavy atom. The molecule has 0 aliphatic carbocycles. The summed E-state index contributed by atoms with van der Waals surface area (Å²) in [6.07, 6.45) is -0.991. The van der Waals surface area contributed by atoms with Crippen molar-refractivity contribution < 1.29 is 23.8 Å². The maximum atomic E-state index is 12.4. The van der Waals surface area contributed by atoms with Crippen LogP contribution in [0.25, 0.3) is 0 Å². The Hall–Kier alpha value is -2.73. The SMILES string of the molecule is COc1cc(C(=O)O[C@@H](C)C(=O)Nc2cccc(Cl)c2)ccc1OCC(C)C. The normalized spacial score (nSPS) is 11.6. The summed E-state index contributed by atoms with van der Waals surface area (Å²) in [7, 11) is 1.49. The van der Waals surface area contributed by atoms with E-state index in [2.05, 4.69) is 5.32 Å². The van der Waals surface area contributed by atoms with Crippen LogP contribution in [0.1, 0.15) is 31.1 Å². The van der Waals surface area contributed by atoms with Gasteiger partial charge < -0.3 is 19.5 Å². The fourth-order valence-corrected chi connectivity index (χ4v) is 2.45. The van der Waals surface area contributed by atoms with Crippen molar-refractivity contribution in [3.8, 4) is 11.5 Å². The van der Waals surface area contributed by atoms with E-state index >= 15 is 0 Å². The zero-order chi connectivity index (χ0) is 20.7. The van der Waals surface area contributed by atoms with Crippen LogP contribution in [0.15, 0.2) is 42.5 Å². The number of hydrogen-bond acceptors (Lipinski definition) is 5. The van der Waals surface area contributed by atoms with E-state index < -0.39 is 18.0 Å². The van der Waals surface area contributed by atoms with E-state index in [4.69, 9.17) is 25.8 Å². The summed E-state index contributed by atoms with van der Waals surface area (Å²) in [5.41, 5.74) is 0.782. The van der Waals surface area contributed by atoms with Crippen LogP contribution in [-0.2, 0) is 9.53 Å². The first-order valence-electron chi connectivity index (χ1n) is 8.88. The molecule has 0 saturated heterocycles. The number of nitrogens with one attached hydrogen (secondary N) is 1. The number of hydrogen-bond donors (Lipinski definition) is 1. The Morgan fingerprint density at radius 1 is 1.07 bits per heavy atom. The van der Waals surface area contributed by atoms with Crippen molar-refractivity contribution in [3.05, 3.63) is 53.1 Å². The van der Waals surface area contributed by atoms with Gasteiger partial charge in [-0.3, -0.25) is 4.79 Å². The molecule has 28 heavy (non-hydrogen) atoms. The van der Waals surface area contributed by atoms with Crippen molar-refractivity contribution >= 4 is 29.2 Å². The Balaban J connectivity index is 2.01. The van der Waals surface area contributed by atoms with Crippen molar-refractivity contribution in [1.29, 1.82) is 0 Å². The molecule has 1 atom stereocenters. The highest BCUT2D eigenvalue weighted by molar-refractivity contribution is 6.30. The molecular weight excluding hydrogens is 382 g/mol. The van der Waals surface area contributed by atoms with Gasteiger partial charge in [0.2, 0.25) is 0 Å². The lowest BCUT2D eigenvalue weighted by Crippen LogP contribution is -2.30. The van der Waals surface area contributed by atoms with Crippen LogP contribution in [0.3, 0.4) is 0 Å². The quantitative estimate of drug-likeness (QED) is 0.651. The van der Waals surface area contributed by atoms with Gasteiger partial charge in [-0.05, 0) is 49.2 Å². The average Bonchev–Trinajstić information content (AvgIpc) is 2.65. The lowest BCUT2D eigenvalue weighted by Gasteiger charge is -2.15. The Morgan fingerprint density at radius 3 is 2.46 bits per heavy atom. The van der Waals surface area contributed by atoms with Gasteiger partial charge in [0.25, 0.3) is 5.91 Å². The molecule has 150 valence electrons. The number of esters is 1. The monoisotopic (exact) mass is 405 g/mol. The van der Waals surface area contributed by atoms with Gasteiger partial charge in [-0.15, -0.1) is 0 Å². The van der Waals surface area contributed by atoms with Gasteiger partial charge >= 0.3 is 5.97 Å². The number of halogens is 1. The van der Waals surface area contributed by atoms with E-state index in [-0.39, 0.29) is 5.56 Å². The highest BCUT2D eigenvalue weighted by atomic mass is 35.5. The summed E-state index contributed by atoms with van der Waals surface area (Å²) >= 11 is 5.89. The number of amides is 1. The predicted octanol–water partition coefficient (Wildman–Crippen LogP) is 4.57. The van der Waals surface area contributed by atoms with Crippen LogP contribution in [0.5, 0.6) is 11.5 Å². The molecule has 0 radical (unpaired) electrons. The molecule has 0 bridgehead atoms. The molecule has 0 unspecified atom stereocenters. The van der Waals surface area contributed by atoms with Gasteiger partial charge in [-0.25, -0.2) is 4.79 Å². The lowest BCUT2D eigenvalue weighted by molar-refractivity contribution is -0.123. The first-order valence-corrected chi connectivity index (χ1v) is 9.26. The zero-order valence-corrected chi connectivity index (χ0v) is 17.1. The van der Waals surface area contributed by atoms with Gasteiger partial charge in [0.15, 0.2) is 17.6 Å². The van der Waals surface area contributed by atoms with Crippen molar-refractivity contribution in [2.75, 3.05) is 19.0 Å². The summed E-state index contributed by atoms with van der Waals surface area (Å²) in [6, 6.07) is 11.5. The van der Waals surface area contributed by atoms with Gasteiger partial charge in [0.1, 0.15) is 0 Å². The second-order valence-electron chi connectivity index (χ2n) is 6.62. The molecule has 0 aromatic heterocycles. The van der Waals surface area contributed by atoms with Crippen LogP contribution in [-0.4, -0.2) is 31.7 Å². The summed E-state index contributed by atoms with van der Waals surface area (Å²) < 4.78 is 16.2. The van der Waals surface area contributed by atoms with Gasteiger partial charge in [0.05, 0.1) is 19.3 Å². The average molecular weight is 406 g/mol. The largest absolute Gasteiger partial charge is 0.493 e. The zero-order valence-electron chi connectivity index (χ0n) is 16.3. The second-order valence-corrected chi connectivity index (χ2v) is 7.05. The Kier molecular flexibility index (Phi) is 7.70. The van der Waals surface area contributed by atoms with Crippen LogP contribution in [0.2, 0.25) is 5.02 Å².